The first kappa shape index (κ1) is 14.8. The largest absolute Gasteiger partial charge is 0.381 e. The van der Waals surface area contributed by atoms with Crippen LogP contribution in [0, 0.1) is 0 Å². The van der Waals surface area contributed by atoms with E-state index < -0.39 is 5.60 Å². The molecule has 1 aromatic rings. The molecule has 1 aliphatic rings. The Morgan fingerprint density at radius 3 is 2.84 bits per heavy atom. The first-order chi connectivity index (χ1) is 9.14. The molecule has 108 valence electrons. The van der Waals surface area contributed by atoms with Gasteiger partial charge in [0.25, 0.3) is 0 Å². The normalized spacial score (nSPS) is 20.4. The van der Waals surface area contributed by atoms with Crippen LogP contribution in [-0.4, -0.2) is 35.7 Å². The number of halogens is 1. The van der Waals surface area contributed by atoms with Crippen molar-refractivity contribution in [3.8, 4) is 0 Å². The first-order valence-corrected chi connectivity index (χ1v) is 7.12. The average molecular weight is 288 g/mol. The van der Waals surface area contributed by atoms with Gasteiger partial charge in [0.1, 0.15) is 0 Å². The van der Waals surface area contributed by atoms with Gasteiger partial charge in [-0.25, -0.2) is 0 Å². The van der Waals surface area contributed by atoms with Gasteiger partial charge in [0, 0.05) is 39.7 Å². The van der Waals surface area contributed by atoms with Gasteiger partial charge >= 0.3 is 0 Å². The molecule has 0 saturated carbocycles. The molecule has 0 aromatic carbocycles. The minimum atomic E-state index is -0.409. The van der Waals surface area contributed by atoms with Crippen molar-refractivity contribution in [3.05, 3.63) is 16.9 Å². The third kappa shape index (κ3) is 2.79. The fourth-order valence-electron chi connectivity index (χ4n) is 2.68. The Hall–Kier alpha value is -0.620. The topological polar surface area (TPSA) is 62.3 Å². The van der Waals surface area contributed by atoms with Gasteiger partial charge in [0.15, 0.2) is 0 Å². The summed E-state index contributed by atoms with van der Waals surface area (Å²) < 4.78 is 13.1. The summed E-state index contributed by atoms with van der Waals surface area (Å²) in [4.78, 5) is 0. The van der Waals surface area contributed by atoms with Crippen molar-refractivity contribution in [1.29, 1.82) is 0 Å². The molecule has 2 N–H and O–H groups in total. The maximum atomic E-state index is 6.47. The Kier molecular flexibility index (Phi) is 4.84. The van der Waals surface area contributed by atoms with Crippen LogP contribution in [0.15, 0.2) is 6.20 Å². The molecule has 1 unspecified atom stereocenters. The van der Waals surface area contributed by atoms with Gasteiger partial charge in [-0.05, 0) is 6.42 Å². The molecule has 1 atom stereocenters. The van der Waals surface area contributed by atoms with E-state index in [1.54, 1.807) is 13.3 Å². The summed E-state index contributed by atoms with van der Waals surface area (Å²) in [6, 6.07) is -0.289. The average Bonchev–Trinajstić information content (AvgIpc) is 2.80. The summed E-state index contributed by atoms with van der Waals surface area (Å²) in [5.74, 6) is 0. The van der Waals surface area contributed by atoms with Crippen molar-refractivity contribution in [2.24, 2.45) is 5.73 Å². The molecule has 1 aliphatic heterocycles. The predicted molar refractivity (Wildman–Crippen MR) is 74.2 cm³/mol. The SMILES string of the molecule is CCCn1ncc(Cl)c1C(N)C1(OC)CCOCC1. The second-order valence-corrected chi connectivity index (χ2v) is 5.37. The Labute approximate surface area is 119 Å². The molecule has 0 radical (unpaired) electrons. The fourth-order valence-corrected chi connectivity index (χ4v) is 2.94. The van der Waals surface area contributed by atoms with Gasteiger partial charge in [-0.2, -0.15) is 5.10 Å². The van der Waals surface area contributed by atoms with E-state index in [0.29, 0.717) is 18.2 Å². The number of aromatic nitrogens is 2. The lowest BCUT2D eigenvalue weighted by Crippen LogP contribution is -2.48. The third-order valence-corrected chi connectivity index (χ3v) is 4.17. The first-order valence-electron chi connectivity index (χ1n) is 6.74. The van der Waals surface area contributed by atoms with Crippen molar-refractivity contribution in [3.63, 3.8) is 0 Å². The van der Waals surface area contributed by atoms with Crippen molar-refractivity contribution in [1.82, 2.24) is 9.78 Å². The van der Waals surface area contributed by atoms with Gasteiger partial charge in [-0.3, -0.25) is 4.68 Å². The molecular weight excluding hydrogens is 266 g/mol. The van der Waals surface area contributed by atoms with Crippen LogP contribution in [0.5, 0.6) is 0 Å². The summed E-state index contributed by atoms with van der Waals surface area (Å²) in [6.07, 6.45) is 4.20. The number of rotatable bonds is 5. The molecule has 0 amide bonds. The number of hydrogen-bond acceptors (Lipinski definition) is 4. The Morgan fingerprint density at radius 1 is 1.58 bits per heavy atom. The lowest BCUT2D eigenvalue weighted by molar-refractivity contribution is -0.106. The monoisotopic (exact) mass is 287 g/mol. The molecular formula is C13H22ClN3O2. The van der Waals surface area contributed by atoms with E-state index in [9.17, 15) is 0 Å². The van der Waals surface area contributed by atoms with Crippen molar-refractivity contribution in [2.45, 2.75) is 44.4 Å². The van der Waals surface area contributed by atoms with Crippen LogP contribution in [0.3, 0.4) is 0 Å². The quantitative estimate of drug-likeness (QED) is 0.901. The van der Waals surface area contributed by atoms with Crippen LogP contribution < -0.4 is 5.73 Å². The van der Waals surface area contributed by atoms with E-state index in [-0.39, 0.29) is 6.04 Å². The maximum Gasteiger partial charge on any atom is 0.0929 e. The maximum absolute atomic E-state index is 6.47. The highest BCUT2D eigenvalue weighted by Gasteiger charge is 2.41. The van der Waals surface area contributed by atoms with Gasteiger partial charge in [-0.15, -0.1) is 0 Å². The van der Waals surface area contributed by atoms with E-state index in [2.05, 4.69) is 12.0 Å². The highest BCUT2D eigenvalue weighted by atomic mass is 35.5. The van der Waals surface area contributed by atoms with Crippen molar-refractivity contribution < 1.29 is 9.47 Å². The predicted octanol–water partition coefficient (Wildman–Crippen LogP) is 2.14. The zero-order valence-corrected chi connectivity index (χ0v) is 12.3. The number of hydrogen-bond donors (Lipinski definition) is 1. The van der Waals surface area contributed by atoms with E-state index in [0.717, 1.165) is 31.5 Å². The Balaban J connectivity index is 2.31. The van der Waals surface area contributed by atoms with Gasteiger partial charge in [0.2, 0.25) is 0 Å². The summed E-state index contributed by atoms with van der Waals surface area (Å²) in [6.45, 7) is 4.25. The number of nitrogens with two attached hydrogens (primary N) is 1. The molecule has 1 saturated heterocycles. The molecule has 0 spiro atoms. The second kappa shape index (κ2) is 6.22. The Morgan fingerprint density at radius 2 is 2.26 bits per heavy atom. The smallest absolute Gasteiger partial charge is 0.0929 e. The zero-order chi connectivity index (χ0) is 13.9. The van der Waals surface area contributed by atoms with Crippen LogP contribution in [0.2, 0.25) is 5.02 Å². The minimum absolute atomic E-state index is 0.289. The van der Waals surface area contributed by atoms with E-state index in [1.165, 1.54) is 0 Å². The van der Waals surface area contributed by atoms with Crippen LogP contribution >= 0.6 is 11.6 Å². The minimum Gasteiger partial charge on any atom is -0.381 e. The van der Waals surface area contributed by atoms with Crippen LogP contribution in [0.25, 0.3) is 0 Å². The highest BCUT2D eigenvalue weighted by Crippen LogP contribution is 2.38. The molecule has 5 nitrogen and oxygen atoms in total. The molecule has 2 heterocycles. The van der Waals surface area contributed by atoms with Crippen LogP contribution in [0.1, 0.15) is 37.9 Å². The highest BCUT2D eigenvalue weighted by molar-refractivity contribution is 6.31. The van der Waals surface area contributed by atoms with Crippen LogP contribution in [0.4, 0.5) is 0 Å². The fraction of sp³-hybridized carbons (Fsp3) is 0.769. The Bertz CT molecular complexity index is 416. The van der Waals surface area contributed by atoms with E-state index in [4.69, 9.17) is 26.8 Å². The van der Waals surface area contributed by atoms with Crippen molar-refractivity contribution in [2.75, 3.05) is 20.3 Å². The van der Waals surface area contributed by atoms with Crippen molar-refractivity contribution >= 4 is 11.6 Å². The number of ether oxygens (including phenoxy) is 2. The number of methoxy groups -OCH3 is 1. The van der Waals surface area contributed by atoms with Gasteiger partial charge in [0.05, 0.1) is 28.6 Å². The molecule has 2 rings (SSSR count). The molecule has 1 aromatic heterocycles. The standard InChI is InChI=1S/C13H22ClN3O2/c1-3-6-17-11(10(14)9-16-17)12(15)13(18-2)4-7-19-8-5-13/h9,12H,3-8,15H2,1-2H3. The molecule has 1 fully saturated rings. The molecule has 19 heavy (non-hydrogen) atoms. The lowest BCUT2D eigenvalue weighted by Gasteiger charge is -2.40. The zero-order valence-electron chi connectivity index (χ0n) is 11.6. The molecule has 6 heteroatoms. The summed E-state index contributed by atoms with van der Waals surface area (Å²) in [5.41, 5.74) is 6.92. The lowest BCUT2D eigenvalue weighted by atomic mass is 9.84. The van der Waals surface area contributed by atoms with Gasteiger partial charge < -0.3 is 15.2 Å². The summed E-state index contributed by atoms with van der Waals surface area (Å²) in [7, 11) is 1.71. The molecule has 0 bridgehead atoms. The molecule has 0 aliphatic carbocycles. The second-order valence-electron chi connectivity index (χ2n) is 4.96. The van der Waals surface area contributed by atoms with E-state index in [1.807, 2.05) is 4.68 Å². The van der Waals surface area contributed by atoms with Crippen LogP contribution in [-0.2, 0) is 16.0 Å². The summed E-state index contributed by atoms with van der Waals surface area (Å²) in [5, 5.41) is 4.92. The van der Waals surface area contributed by atoms with E-state index >= 15 is 0 Å². The van der Waals surface area contributed by atoms with Gasteiger partial charge in [-0.1, -0.05) is 18.5 Å². The third-order valence-electron chi connectivity index (χ3n) is 3.88. The summed E-state index contributed by atoms with van der Waals surface area (Å²) >= 11 is 6.26. The number of aryl methyl sites for hydroxylation is 1. The number of nitrogens with zero attached hydrogens (tertiary/aromatic N) is 2.